The first-order chi connectivity index (χ1) is 23.7. The predicted molar refractivity (Wildman–Crippen MR) is 191 cm³/mol. The molecule has 1 saturated heterocycles. The van der Waals surface area contributed by atoms with E-state index in [0.717, 1.165) is 55.8 Å². The molecule has 260 valence electrons. The Kier molecular flexibility index (Phi) is 11.8. The molecule has 0 saturated carbocycles. The minimum atomic E-state index is -0.650. The molecule has 1 aliphatic rings. The van der Waals surface area contributed by atoms with E-state index in [4.69, 9.17) is 28.7 Å². The maximum absolute atomic E-state index is 14.0. The topological polar surface area (TPSA) is 111 Å². The van der Waals surface area contributed by atoms with Gasteiger partial charge in [0.1, 0.15) is 17.3 Å². The zero-order valence-corrected chi connectivity index (χ0v) is 29.4. The third-order valence-corrected chi connectivity index (χ3v) is 8.40. The van der Waals surface area contributed by atoms with Crippen LogP contribution in [0.2, 0.25) is 0 Å². The lowest BCUT2D eigenvalue weighted by Gasteiger charge is -2.32. The molecule has 5 rings (SSSR count). The first kappa shape index (κ1) is 35.2. The summed E-state index contributed by atoms with van der Waals surface area (Å²) >= 11 is 0. The summed E-state index contributed by atoms with van der Waals surface area (Å²) in [6.07, 6.45) is 1.79. The van der Waals surface area contributed by atoms with Gasteiger partial charge in [0.2, 0.25) is 11.7 Å². The normalized spacial score (nSPS) is 13.4. The molecule has 1 aliphatic heterocycles. The van der Waals surface area contributed by atoms with Gasteiger partial charge in [0.05, 0.1) is 33.6 Å². The number of ether oxygens (including phenoxy) is 5. The van der Waals surface area contributed by atoms with Gasteiger partial charge in [-0.1, -0.05) is 24.3 Å². The highest BCUT2D eigenvalue weighted by atomic mass is 16.6. The van der Waals surface area contributed by atoms with Gasteiger partial charge in [-0.05, 0) is 63.1 Å². The van der Waals surface area contributed by atoms with Gasteiger partial charge in [-0.2, -0.15) is 4.98 Å². The van der Waals surface area contributed by atoms with Crippen molar-refractivity contribution in [2.24, 2.45) is 0 Å². The Morgan fingerprint density at radius 3 is 2.27 bits per heavy atom. The lowest BCUT2D eigenvalue weighted by Crippen LogP contribution is -2.44. The number of nitrogens with zero attached hydrogens (tertiary/aromatic N) is 5. The van der Waals surface area contributed by atoms with Gasteiger partial charge in [0.25, 0.3) is 0 Å². The van der Waals surface area contributed by atoms with Crippen molar-refractivity contribution in [2.75, 3.05) is 77.9 Å². The van der Waals surface area contributed by atoms with E-state index >= 15 is 0 Å². The second-order valence-electron chi connectivity index (χ2n) is 12.0. The van der Waals surface area contributed by atoms with Crippen LogP contribution in [-0.4, -0.2) is 93.6 Å². The third kappa shape index (κ3) is 8.70. The molecule has 12 heteroatoms. The first-order valence-corrected chi connectivity index (χ1v) is 16.3. The van der Waals surface area contributed by atoms with E-state index in [2.05, 4.69) is 27.1 Å². The fourth-order valence-corrected chi connectivity index (χ4v) is 5.69. The van der Waals surface area contributed by atoms with Crippen molar-refractivity contribution in [3.05, 3.63) is 77.5 Å². The Balaban J connectivity index is 1.41. The van der Waals surface area contributed by atoms with Crippen molar-refractivity contribution >= 4 is 29.2 Å². The summed E-state index contributed by atoms with van der Waals surface area (Å²) in [5.41, 5.74) is 3.72. The van der Waals surface area contributed by atoms with Crippen LogP contribution in [-0.2, 0) is 0 Å². The van der Waals surface area contributed by atoms with Gasteiger partial charge >= 0.3 is 6.09 Å². The maximum Gasteiger partial charge on any atom is 0.425 e. The molecule has 1 amide bonds. The highest BCUT2D eigenvalue weighted by molar-refractivity contribution is 5.98. The summed E-state index contributed by atoms with van der Waals surface area (Å²) in [4.78, 5) is 29.4. The Morgan fingerprint density at radius 1 is 0.857 bits per heavy atom. The lowest BCUT2D eigenvalue weighted by molar-refractivity contribution is 0.145. The number of aromatic nitrogens is 2. The molecule has 0 unspecified atom stereocenters. The summed E-state index contributed by atoms with van der Waals surface area (Å²) in [5, 5.41) is 3.25. The molecule has 49 heavy (non-hydrogen) atoms. The highest BCUT2D eigenvalue weighted by Crippen LogP contribution is 2.41. The first-order valence-electron chi connectivity index (χ1n) is 16.3. The highest BCUT2D eigenvalue weighted by Gasteiger charge is 2.27. The molecule has 1 N–H and O–H groups in total. The second kappa shape index (κ2) is 16.4. The number of hydrogen-bond acceptors (Lipinski definition) is 11. The summed E-state index contributed by atoms with van der Waals surface area (Å²) in [7, 11) is 6.87. The summed E-state index contributed by atoms with van der Waals surface area (Å²) < 4.78 is 29.2. The van der Waals surface area contributed by atoms with E-state index in [1.54, 1.807) is 45.7 Å². The maximum atomic E-state index is 14.0. The van der Waals surface area contributed by atoms with Crippen LogP contribution in [0.5, 0.6) is 28.7 Å². The van der Waals surface area contributed by atoms with E-state index < -0.39 is 6.09 Å². The quantitative estimate of drug-likeness (QED) is 0.157. The van der Waals surface area contributed by atoms with Crippen molar-refractivity contribution in [1.29, 1.82) is 0 Å². The molecule has 0 spiro atoms. The number of nitrogens with one attached hydrogen (secondary N) is 1. The van der Waals surface area contributed by atoms with Crippen LogP contribution < -0.4 is 33.9 Å². The Labute approximate surface area is 288 Å². The number of anilines is 4. The van der Waals surface area contributed by atoms with E-state index in [9.17, 15) is 4.79 Å². The molecule has 0 radical (unpaired) electrons. The van der Waals surface area contributed by atoms with Gasteiger partial charge in [-0.15, -0.1) is 0 Å². The molecule has 12 nitrogen and oxygen atoms in total. The second-order valence-corrected chi connectivity index (χ2v) is 12.0. The van der Waals surface area contributed by atoms with E-state index in [-0.39, 0.29) is 11.8 Å². The van der Waals surface area contributed by atoms with E-state index in [1.807, 2.05) is 57.2 Å². The zero-order valence-electron chi connectivity index (χ0n) is 29.4. The summed E-state index contributed by atoms with van der Waals surface area (Å²) in [6.45, 7) is 11.5. The molecule has 2 heterocycles. The number of benzene rings is 3. The van der Waals surface area contributed by atoms with Gasteiger partial charge in [0, 0.05) is 62.8 Å². The Morgan fingerprint density at radius 2 is 1.57 bits per heavy atom. The number of piperazine rings is 1. The summed E-state index contributed by atoms with van der Waals surface area (Å²) in [5.74, 6) is 2.99. The van der Waals surface area contributed by atoms with Crippen LogP contribution in [0.4, 0.5) is 27.9 Å². The van der Waals surface area contributed by atoms with Crippen molar-refractivity contribution in [3.8, 4) is 28.7 Å². The van der Waals surface area contributed by atoms with Crippen molar-refractivity contribution in [2.45, 2.75) is 27.2 Å². The minimum Gasteiger partial charge on any atom is -0.495 e. The Bertz CT molecular complexity index is 1720. The van der Waals surface area contributed by atoms with Crippen LogP contribution in [0.15, 0.2) is 60.8 Å². The molecule has 4 aromatic rings. The van der Waals surface area contributed by atoms with Crippen LogP contribution in [0.3, 0.4) is 0 Å². The number of likely N-dealkylation sites (N-methyl/N-ethyl adjacent to an activating group) is 1. The standard InChI is InChI=1S/C37H46N6O6/c1-25-12-13-29(30(22-25)45-5)43(37(44)49-34-26(2)10-8-11-27(34)3)33-14-15-38-36(40-33)39-28-23-31(46-6)35(47-7)32(24-28)48-21-9-16-42-19-17-41(4)18-20-42/h8,10-15,22-24H,9,16-21H2,1-7H3,(H,38,39,40). The molecule has 1 fully saturated rings. The zero-order chi connectivity index (χ0) is 34.9. The lowest BCUT2D eigenvalue weighted by atomic mass is 10.1. The fourth-order valence-electron chi connectivity index (χ4n) is 5.69. The van der Waals surface area contributed by atoms with Gasteiger partial charge in [-0.25, -0.2) is 14.7 Å². The van der Waals surface area contributed by atoms with Crippen LogP contribution >= 0.6 is 0 Å². The summed E-state index contributed by atoms with van der Waals surface area (Å²) in [6, 6.07) is 16.5. The van der Waals surface area contributed by atoms with Crippen molar-refractivity contribution in [3.63, 3.8) is 0 Å². The molecule has 0 aliphatic carbocycles. The van der Waals surface area contributed by atoms with Crippen LogP contribution in [0.25, 0.3) is 0 Å². The van der Waals surface area contributed by atoms with Gasteiger partial charge in [-0.3, -0.25) is 0 Å². The number of amides is 1. The molecule has 0 atom stereocenters. The van der Waals surface area contributed by atoms with Gasteiger partial charge < -0.3 is 38.8 Å². The molecular weight excluding hydrogens is 624 g/mol. The number of para-hydroxylation sites is 1. The monoisotopic (exact) mass is 670 g/mol. The fraction of sp³-hybridized carbons (Fsp3) is 0.378. The molecular formula is C37H46N6O6. The van der Waals surface area contributed by atoms with Crippen molar-refractivity contribution < 1.29 is 28.5 Å². The SMILES string of the molecule is COc1cc(C)ccc1N(C(=O)Oc1c(C)cccc1C)c1ccnc(Nc2cc(OC)c(OC)c(OCCCN3CCN(C)CC3)c2)n1. The van der Waals surface area contributed by atoms with Crippen LogP contribution in [0.1, 0.15) is 23.1 Å². The average molecular weight is 671 g/mol. The smallest absolute Gasteiger partial charge is 0.425 e. The van der Waals surface area contributed by atoms with E-state index in [0.29, 0.717) is 46.7 Å². The average Bonchev–Trinajstić information content (AvgIpc) is 3.09. The number of methoxy groups -OCH3 is 3. The molecule has 1 aromatic heterocycles. The molecule has 0 bridgehead atoms. The number of aryl methyl sites for hydroxylation is 3. The minimum absolute atomic E-state index is 0.238. The number of carbonyl (C=O) groups is 1. The number of rotatable bonds is 13. The number of hydrogen-bond donors (Lipinski definition) is 1. The van der Waals surface area contributed by atoms with Crippen molar-refractivity contribution in [1.82, 2.24) is 19.8 Å². The Hall–Kier alpha value is -5.07. The van der Waals surface area contributed by atoms with Gasteiger partial charge in [0.15, 0.2) is 11.5 Å². The van der Waals surface area contributed by atoms with E-state index in [1.165, 1.54) is 4.90 Å². The third-order valence-electron chi connectivity index (χ3n) is 8.40. The van der Waals surface area contributed by atoms with Crippen LogP contribution in [0, 0.1) is 20.8 Å². The largest absolute Gasteiger partial charge is 0.495 e. The number of carbonyl (C=O) groups excluding carboxylic acids is 1. The predicted octanol–water partition coefficient (Wildman–Crippen LogP) is 6.52. The molecule has 3 aromatic carbocycles.